The van der Waals surface area contributed by atoms with Crippen LogP contribution in [0, 0.1) is 5.92 Å². The number of hydrogen-bond donors (Lipinski definition) is 2. The number of fused-ring (bicyclic) bond motifs is 1. The fourth-order valence-corrected chi connectivity index (χ4v) is 2.60. The smallest absolute Gasteiger partial charge is 0.108 e. The van der Waals surface area contributed by atoms with Crippen molar-refractivity contribution in [1.82, 2.24) is 5.32 Å². The maximum absolute atomic E-state index is 9.86. The lowest BCUT2D eigenvalue weighted by Gasteiger charge is -2.24. The monoisotopic (exact) mass is 237 g/mol. The highest BCUT2D eigenvalue weighted by molar-refractivity contribution is 5.23. The maximum atomic E-state index is 9.86. The molecule has 96 valence electrons. The molecule has 0 aliphatic heterocycles. The van der Waals surface area contributed by atoms with Crippen molar-refractivity contribution in [3.8, 4) is 0 Å². The van der Waals surface area contributed by atoms with Gasteiger partial charge < -0.3 is 14.8 Å². The van der Waals surface area contributed by atoms with Gasteiger partial charge in [-0.1, -0.05) is 13.8 Å². The number of rotatable bonds is 5. The van der Waals surface area contributed by atoms with Crippen molar-refractivity contribution in [3.63, 3.8) is 0 Å². The first-order valence-electron chi connectivity index (χ1n) is 6.64. The van der Waals surface area contributed by atoms with Gasteiger partial charge in [-0.15, -0.1) is 0 Å². The van der Waals surface area contributed by atoms with Crippen molar-refractivity contribution in [3.05, 3.63) is 23.7 Å². The van der Waals surface area contributed by atoms with E-state index in [-0.39, 0.29) is 6.10 Å². The summed E-state index contributed by atoms with van der Waals surface area (Å²) in [5, 5.41) is 13.3. The molecule has 0 saturated heterocycles. The second kappa shape index (κ2) is 5.69. The van der Waals surface area contributed by atoms with Crippen LogP contribution in [-0.4, -0.2) is 17.8 Å². The molecule has 0 saturated carbocycles. The Bertz CT molecular complexity index is 346. The molecule has 0 radical (unpaired) electrons. The fourth-order valence-electron chi connectivity index (χ4n) is 2.60. The highest BCUT2D eigenvalue weighted by atomic mass is 16.3. The highest BCUT2D eigenvalue weighted by Crippen LogP contribution is 2.30. The molecular formula is C14H23NO2. The summed E-state index contributed by atoms with van der Waals surface area (Å²) in [5.74, 6) is 1.66. The summed E-state index contributed by atoms with van der Waals surface area (Å²) < 4.78 is 5.46. The molecular weight excluding hydrogens is 214 g/mol. The predicted molar refractivity (Wildman–Crippen MR) is 67.9 cm³/mol. The largest absolute Gasteiger partial charge is 0.469 e. The Morgan fingerprint density at radius 1 is 1.53 bits per heavy atom. The second-order valence-corrected chi connectivity index (χ2v) is 5.44. The first-order chi connectivity index (χ1) is 8.16. The van der Waals surface area contributed by atoms with E-state index in [0.29, 0.717) is 18.5 Å². The molecule has 1 heterocycles. The minimum Gasteiger partial charge on any atom is -0.469 e. The summed E-state index contributed by atoms with van der Waals surface area (Å²) >= 11 is 0. The Morgan fingerprint density at radius 3 is 3.12 bits per heavy atom. The second-order valence-electron chi connectivity index (χ2n) is 5.44. The van der Waals surface area contributed by atoms with Gasteiger partial charge in [-0.2, -0.15) is 0 Å². The number of aliphatic hydroxyl groups is 1. The maximum Gasteiger partial charge on any atom is 0.108 e. The minimum atomic E-state index is -0.243. The van der Waals surface area contributed by atoms with E-state index in [2.05, 4.69) is 25.2 Å². The van der Waals surface area contributed by atoms with Crippen molar-refractivity contribution in [2.45, 2.75) is 51.7 Å². The zero-order chi connectivity index (χ0) is 12.3. The zero-order valence-corrected chi connectivity index (χ0v) is 10.8. The molecule has 3 nitrogen and oxygen atoms in total. The molecule has 1 aromatic rings. The van der Waals surface area contributed by atoms with Crippen molar-refractivity contribution in [2.75, 3.05) is 6.54 Å². The average Bonchev–Trinajstić information content (AvgIpc) is 2.73. The standard InChI is InChI=1S/C14H23NO2/c1-10(2)8-11(16)9-15-13-4-3-5-14-12(13)6-7-17-14/h6-7,10-11,13,15-16H,3-5,8-9H2,1-2H3. The van der Waals surface area contributed by atoms with E-state index >= 15 is 0 Å². The summed E-state index contributed by atoms with van der Waals surface area (Å²) in [7, 11) is 0. The van der Waals surface area contributed by atoms with Crippen LogP contribution in [-0.2, 0) is 6.42 Å². The van der Waals surface area contributed by atoms with Gasteiger partial charge in [-0.25, -0.2) is 0 Å². The van der Waals surface area contributed by atoms with E-state index in [0.717, 1.165) is 25.0 Å². The first-order valence-corrected chi connectivity index (χ1v) is 6.64. The van der Waals surface area contributed by atoms with Gasteiger partial charge in [0.25, 0.3) is 0 Å². The Balaban J connectivity index is 1.85. The molecule has 0 fully saturated rings. The van der Waals surface area contributed by atoms with E-state index in [1.54, 1.807) is 6.26 Å². The van der Waals surface area contributed by atoms with Crippen LogP contribution < -0.4 is 5.32 Å². The van der Waals surface area contributed by atoms with Gasteiger partial charge in [0.15, 0.2) is 0 Å². The Labute approximate surface area is 103 Å². The molecule has 2 atom stereocenters. The van der Waals surface area contributed by atoms with Crippen molar-refractivity contribution in [2.24, 2.45) is 5.92 Å². The Kier molecular flexibility index (Phi) is 4.24. The number of furan rings is 1. The first kappa shape index (κ1) is 12.7. The van der Waals surface area contributed by atoms with Gasteiger partial charge in [-0.05, 0) is 31.2 Å². The lowest BCUT2D eigenvalue weighted by atomic mass is 9.93. The van der Waals surface area contributed by atoms with Crippen LogP contribution in [0.1, 0.15) is 50.5 Å². The van der Waals surface area contributed by atoms with Crippen molar-refractivity contribution >= 4 is 0 Å². The summed E-state index contributed by atoms with van der Waals surface area (Å²) in [6.45, 7) is 4.95. The third kappa shape index (κ3) is 3.33. The summed E-state index contributed by atoms with van der Waals surface area (Å²) in [5.41, 5.74) is 1.29. The third-order valence-corrected chi connectivity index (χ3v) is 3.40. The van der Waals surface area contributed by atoms with E-state index in [1.807, 2.05) is 0 Å². The molecule has 2 unspecified atom stereocenters. The number of hydrogen-bond acceptors (Lipinski definition) is 3. The lowest BCUT2D eigenvalue weighted by Crippen LogP contribution is -2.32. The van der Waals surface area contributed by atoms with Gasteiger partial charge in [0.05, 0.1) is 12.4 Å². The van der Waals surface area contributed by atoms with Crippen LogP contribution in [0.4, 0.5) is 0 Å². The Hall–Kier alpha value is -0.800. The zero-order valence-electron chi connectivity index (χ0n) is 10.8. The van der Waals surface area contributed by atoms with Crippen LogP contribution in [0.5, 0.6) is 0 Å². The molecule has 2 N–H and O–H groups in total. The summed E-state index contributed by atoms with van der Waals surface area (Å²) in [6, 6.07) is 2.42. The van der Waals surface area contributed by atoms with Gasteiger partial charge in [0, 0.05) is 24.6 Å². The lowest BCUT2D eigenvalue weighted by molar-refractivity contribution is 0.141. The molecule has 17 heavy (non-hydrogen) atoms. The van der Waals surface area contributed by atoms with Gasteiger partial charge in [0.1, 0.15) is 5.76 Å². The molecule has 0 spiro atoms. The summed E-state index contributed by atoms with van der Waals surface area (Å²) in [4.78, 5) is 0. The Morgan fingerprint density at radius 2 is 2.35 bits per heavy atom. The van der Waals surface area contributed by atoms with Crippen LogP contribution in [0.15, 0.2) is 16.7 Å². The molecule has 1 aromatic heterocycles. The molecule has 0 amide bonds. The van der Waals surface area contributed by atoms with Crippen LogP contribution in [0.25, 0.3) is 0 Å². The summed E-state index contributed by atoms with van der Waals surface area (Å²) in [6.07, 6.45) is 5.74. The van der Waals surface area contributed by atoms with Crippen molar-refractivity contribution < 1.29 is 9.52 Å². The quantitative estimate of drug-likeness (QED) is 0.827. The number of aliphatic hydroxyl groups excluding tert-OH is 1. The SMILES string of the molecule is CC(C)CC(O)CNC1CCCc2occc21. The van der Waals surface area contributed by atoms with E-state index in [9.17, 15) is 5.11 Å². The topological polar surface area (TPSA) is 45.4 Å². The number of nitrogens with one attached hydrogen (secondary N) is 1. The molecule has 0 bridgehead atoms. The van der Waals surface area contributed by atoms with E-state index in [4.69, 9.17) is 4.42 Å². The minimum absolute atomic E-state index is 0.243. The van der Waals surface area contributed by atoms with Gasteiger partial charge in [0.2, 0.25) is 0 Å². The van der Waals surface area contributed by atoms with E-state index < -0.39 is 0 Å². The van der Waals surface area contributed by atoms with Gasteiger partial charge >= 0.3 is 0 Å². The molecule has 0 aromatic carbocycles. The van der Waals surface area contributed by atoms with Crippen LogP contribution >= 0.6 is 0 Å². The highest BCUT2D eigenvalue weighted by Gasteiger charge is 2.22. The van der Waals surface area contributed by atoms with Crippen LogP contribution in [0.2, 0.25) is 0 Å². The number of aryl methyl sites for hydroxylation is 1. The van der Waals surface area contributed by atoms with Gasteiger partial charge in [-0.3, -0.25) is 0 Å². The molecule has 1 aliphatic carbocycles. The fraction of sp³-hybridized carbons (Fsp3) is 0.714. The van der Waals surface area contributed by atoms with Crippen molar-refractivity contribution in [1.29, 1.82) is 0 Å². The predicted octanol–water partition coefficient (Wildman–Crippen LogP) is 2.65. The molecule has 3 heteroatoms. The molecule has 2 rings (SSSR count). The van der Waals surface area contributed by atoms with E-state index in [1.165, 1.54) is 12.0 Å². The third-order valence-electron chi connectivity index (χ3n) is 3.40. The average molecular weight is 237 g/mol. The van der Waals surface area contributed by atoms with Crippen LogP contribution in [0.3, 0.4) is 0 Å². The molecule has 1 aliphatic rings. The normalized spacial score (nSPS) is 21.5.